The van der Waals surface area contributed by atoms with E-state index in [9.17, 15) is 8.76 Å². The van der Waals surface area contributed by atoms with E-state index in [1.807, 2.05) is 36.2 Å². The molecule has 0 aromatic heterocycles. The number of para-hydroxylation sites is 2. The lowest BCUT2D eigenvalue weighted by Gasteiger charge is -2.47. The van der Waals surface area contributed by atoms with Crippen LogP contribution < -0.4 is 4.90 Å². The van der Waals surface area contributed by atoms with Crippen molar-refractivity contribution in [3.05, 3.63) is 48.5 Å². The molecular weight excluding hydrogens is 246 g/mol. The van der Waals surface area contributed by atoms with Crippen molar-refractivity contribution in [2.75, 3.05) is 18.2 Å². The molecule has 1 heterocycles. The van der Waals surface area contributed by atoms with Crippen molar-refractivity contribution < 1.29 is 8.76 Å². The first kappa shape index (κ1) is 11.4. The Labute approximate surface area is 106 Å². The molecule has 94 valence electrons. The topological polar surface area (TPSA) is 40.5 Å². The zero-order valence-corrected chi connectivity index (χ0v) is 11.1. The van der Waals surface area contributed by atoms with E-state index in [4.69, 9.17) is 0 Å². The van der Waals surface area contributed by atoms with Gasteiger partial charge < -0.3 is 4.90 Å². The first-order chi connectivity index (χ1) is 8.40. The summed E-state index contributed by atoms with van der Waals surface area (Å²) < 4.78 is 23.9. The van der Waals surface area contributed by atoms with Crippen molar-refractivity contribution in [2.24, 2.45) is 0 Å². The summed E-state index contributed by atoms with van der Waals surface area (Å²) in [5.41, 5.74) is 1.58. The third kappa shape index (κ3) is 1.30. The molecule has 3 rings (SSSR count). The van der Waals surface area contributed by atoms with E-state index in [1.165, 1.54) is 6.26 Å². The summed E-state index contributed by atoms with van der Waals surface area (Å²) in [6, 6.07) is 14.6. The van der Waals surface area contributed by atoms with Crippen molar-refractivity contribution in [3.63, 3.8) is 0 Å². The second-order valence-electron chi connectivity index (χ2n) is 4.78. The third-order valence-electron chi connectivity index (χ3n) is 3.49. The molecule has 0 atom stereocenters. The average molecular weight is 261 g/mol. The van der Waals surface area contributed by atoms with Crippen LogP contribution in [0.5, 0.6) is 0 Å². The molecule has 0 fully saturated rings. The van der Waals surface area contributed by atoms with Crippen LogP contribution in [0.15, 0.2) is 58.3 Å². The summed E-state index contributed by atoms with van der Waals surface area (Å²) in [5, 5.41) is 0. The van der Waals surface area contributed by atoms with Gasteiger partial charge in [-0.15, -0.1) is 9.35 Å². The van der Waals surface area contributed by atoms with Gasteiger partial charge in [-0.25, -0.2) is 0 Å². The van der Waals surface area contributed by atoms with Gasteiger partial charge in [-0.1, -0.05) is 24.3 Å². The molecule has 0 radical (unpaired) electrons. The summed E-state index contributed by atoms with van der Waals surface area (Å²) in [5.74, 6) is 0. The molecule has 1 aliphatic rings. The number of anilines is 2. The molecule has 2 aromatic carbocycles. The Balaban J connectivity index is 2.47. The minimum absolute atomic E-state index is 0.496. The smallest absolute Gasteiger partial charge is 0.0825 e. The Hall–Kier alpha value is -1.65. The molecule has 0 unspecified atom stereocenters. The largest absolute Gasteiger partial charge is 0.342 e. The predicted octanol–water partition coefficient (Wildman–Crippen LogP) is 3.11. The maximum Gasteiger partial charge on any atom is 0.0825 e. The summed E-state index contributed by atoms with van der Waals surface area (Å²) in [6.45, 7) is 0. The maximum atomic E-state index is 13.1. The zero-order chi connectivity index (χ0) is 13.0. The molecule has 0 amide bonds. The highest BCUT2D eigenvalue weighted by Gasteiger charge is 2.37. The fourth-order valence-corrected chi connectivity index (χ4v) is 4.96. The van der Waals surface area contributed by atoms with Crippen LogP contribution in [0.3, 0.4) is 0 Å². The SMILES string of the molecule is CN1c2ccccc2S(C)(=O)(O)c2ccccc21. The molecule has 18 heavy (non-hydrogen) atoms. The van der Waals surface area contributed by atoms with Gasteiger partial charge in [-0.05, 0) is 24.3 Å². The zero-order valence-electron chi connectivity index (χ0n) is 10.3. The van der Waals surface area contributed by atoms with Crippen molar-refractivity contribution in [3.8, 4) is 0 Å². The lowest BCUT2D eigenvalue weighted by Crippen LogP contribution is -2.37. The molecule has 0 saturated heterocycles. The molecule has 4 heteroatoms. The van der Waals surface area contributed by atoms with Crippen LogP contribution in [0.4, 0.5) is 11.4 Å². The van der Waals surface area contributed by atoms with E-state index in [0.29, 0.717) is 9.79 Å². The number of fused-ring (bicyclic) bond motifs is 2. The summed E-state index contributed by atoms with van der Waals surface area (Å²) in [6.07, 6.45) is 1.43. The van der Waals surface area contributed by atoms with Crippen molar-refractivity contribution in [1.29, 1.82) is 0 Å². The van der Waals surface area contributed by atoms with Crippen molar-refractivity contribution >= 4 is 20.7 Å². The fraction of sp³-hybridized carbons (Fsp3) is 0.143. The van der Waals surface area contributed by atoms with Crippen LogP contribution in [-0.4, -0.2) is 22.1 Å². The summed E-state index contributed by atoms with van der Waals surface area (Å²) in [7, 11) is -2.05. The van der Waals surface area contributed by atoms with Crippen LogP contribution in [0.2, 0.25) is 0 Å². The van der Waals surface area contributed by atoms with Crippen LogP contribution in [-0.2, 0) is 9.35 Å². The highest BCUT2D eigenvalue weighted by Crippen LogP contribution is 2.52. The van der Waals surface area contributed by atoms with Crippen molar-refractivity contribution in [1.82, 2.24) is 0 Å². The Morgan fingerprint density at radius 2 is 1.33 bits per heavy atom. The van der Waals surface area contributed by atoms with Gasteiger partial charge in [-0.2, -0.15) is 4.21 Å². The number of nitrogens with zero attached hydrogens (tertiary/aromatic N) is 1. The second-order valence-corrected chi connectivity index (χ2v) is 8.22. The van der Waals surface area contributed by atoms with E-state index in [0.717, 1.165) is 11.4 Å². The lowest BCUT2D eigenvalue weighted by molar-refractivity contribution is 0.517. The summed E-state index contributed by atoms with van der Waals surface area (Å²) >= 11 is 0. The Bertz CT molecular complexity index is 649. The minimum Gasteiger partial charge on any atom is -0.342 e. The number of benzene rings is 2. The fourth-order valence-electron chi connectivity index (χ4n) is 2.53. The molecule has 0 aliphatic carbocycles. The standard InChI is InChI=1S/C14H15NO2S/c1-15-11-7-3-5-9-13(11)18(2,16,17)14-10-6-4-8-12(14)15/h3-10H,1-2H3,(H,16,17). The van der Waals surface area contributed by atoms with E-state index >= 15 is 0 Å². The van der Waals surface area contributed by atoms with Gasteiger partial charge in [0.05, 0.1) is 21.2 Å². The highest BCUT2D eigenvalue weighted by molar-refractivity contribution is 8.15. The average Bonchev–Trinajstić information content (AvgIpc) is 2.36. The van der Waals surface area contributed by atoms with E-state index in [2.05, 4.69) is 0 Å². The normalized spacial score (nSPS) is 21.3. The van der Waals surface area contributed by atoms with Gasteiger partial charge in [-0.3, -0.25) is 4.55 Å². The van der Waals surface area contributed by atoms with Crippen LogP contribution >= 0.6 is 0 Å². The van der Waals surface area contributed by atoms with Crippen molar-refractivity contribution in [2.45, 2.75) is 9.79 Å². The van der Waals surface area contributed by atoms with Crippen LogP contribution in [0.1, 0.15) is 0 Å². The quantitative estimate of drug-likeness (QED) is 0.792. The Morgan fingerprint density at radius 1 is 0.944 bits per heavy atom. The monoisotopic (exact) mass is 261 g/mol. The molecular formula is C14H15NO2S. The summed E-state index contributed by atoms with van der Waals surface area (Å²) in [4.78, 5) is 2.95. The molecule has 0 spiro atoms. The highest BCUT2D eigenvalue weighted by atomic mass is 32.3. The van der Waals surface area contributed by atoms with E-state index in [1.54, 1.807) is 24.3 Å². The Kier molecular flexibility index (Phi) is 2.04. The lowest BCUT2D eigenvalue weighted by atomic mass is 10.2. The molecule has 2 aromatic rings. The second kappa shape index (κ2) is 3.22. The van der Waals surface area contributed by atoms with E-state index in [-0.39, 0.29) is 0 Å². The third-order valence-corrected chi connectivity index (χ3v) is 6.25. The van der Waals surface area contributed by atoms with Crippen LogP contribution in [0, 0.1) is 0 Å². The van der Waals surface area contributed by atoms with Gasteiger partial charge in [0.2, 0.25) is 0 Å². The number of hydrogen-bond donors (Lipinski definition) is 1. The molecule has 0 saturated carbocycles. The predicted molar refractivity (Wildman–Crippen MR) is 74.2 cm³/mol. The molecule has 1 aliphatic heterocycles. The van der Waals surface area contributed by atoms with Crippen LogP contribution in [0.25, 0.3) is 0 Å². The van der Waals surface area contributed by atoms with Gasteiger partial charge in [0.15, 0.2) is 0 Å². The molecule has 3 nitrogen and oxygen atoms in total. The van der Waals surface area contributed by atoms with Gasteiger partial charge in [0, 0.05) is 13.3 Å². The van der Waals surface area contributed by atoms with Gasteiger partial charge in [0.25, 0.3) is 0 Å². The van der Waals surface area contributed by atoms with E-state index < -0.39 is 9.35 Å². The van der Waals surface area contributed by atoms with Gasteiger partial charge >= 0.3 is 0 Å². The minimum atomic E-state index is -3.97. The molecule has 1 N–H and O–H groups in total. The van der Waals surface area contributed by atoms with Gasteiger partial charge in [0.1, 0.15) is 0 Å². The number of hydrogen-bond acceptors (Lipinski definition) is 2. The Morgan fingerprint density at radius 3 is 1.78 bits per heavy atom. The number of rotatable bonds is 0. The first-order valence-electron chi connectivity index (χ1n) is 5.71. The maximum absolute atomic E-state index is 13.1. The molecule has 0 bridgehead atoms. The first-order valence-corrected chi connectivity index (χ1v) is 8.05.